The Balaban J connectivity index is 1.63. The quantitative estimate of drug-likeness (QED) is 0.615. The molecule has 2 aromatic carbocycles. The Hall–Kier alpha value is -2.44. The van der Waals surface area contributed by atoms with Crippen LogP contribution >= 0.6 is 0 Å². The van der Waals surface area contributed by atoms with E-state index in [4.69, 9.17) is 4.74 Å². The smallest absolute Gasteiger partial charge is 0.389 e. The number of hydrogen-bond acceptors (Lipinski definition) is 5. The largest absolute Gasteiger partial charge is 0.417 e. The lowest BCUT2D eigenvalue weighted by Gasteiger charge is -2.38. The molecule has 1 saturated heterocycles. The number of carbonyl (C=O) groups is 2. The number of fused-ring (bicyclic) bond motifs is 1. The van der Waals surface area contributed by atoms with Gasteiger partial charge in [-0.2, -0.15) is 0 Å². The Labute approximate surface area is 170 Å². The molecule has 0 radical (unpaired) electrons. The maximum atomic E-state index is 13.2. The SMILES string of the molecule is O=C(OC(=O)N1CCNCC1)C(c1ccc2ccccc2c1)C1(O)CCCCC1. The van der Waals surface area contributed by atoms with Gasteiger partial charge >= 0.3 is 12.1 Å². The van der Waals surface area contributed by atoms with Crippen molar-refractivity contribution in [2.24, 2.45) is 0 Å². The predicted octanol–water partition coefficient (Wildman–Crippen LogP) is 3.19. The molecule has 0 aromatic heterocycles. The van der Waals surface area contributed by atoms with E-state index in [1.54, 1.807) is 0 Å². The molecule has 6 nitrogen and oxygen atoms in total. The second-order valence-corrected chi connectivity index (χ2v) is 8.13. The molecule has 1 aliphatic heterocycles. The van der Waals surface area contributed by atoms with Gasteiger partial charge < -0.3 is 20.1 Å². The molecule has 2 N–H and O–H groups in total. The highest BCUT2D eigenvalue weighted by molar-refractivity contribution is 5.91. The number of esters is 1. The fourth-order valence-corrected chi connectivity index (χ4v) is 4.56. The maximum Gasteiger partial charge on any atom is 0.417 e. The third kappa shape index (κ3) is 4.28. The molecule has 29 heavy (non-hydrogen) atoms. The molecule has 2 fully saturated rings. The predicted molar refractivity (Wildman–Crippen MR) is 111 cm³/mol. The number of carbonyl (C=O) groups excluding carboxylic acids is 2. The van der Waals surface area contributed by atoms with Crippen LogP contribution in [0.25, 0.3) is 10.8 Å². The fourth-order valence-electron chi connectivity index (χ4n) is 4.56. The molecule has 1 heterocycles. The van der Waals surface area contributed by atoms with Crippen molar-refractivity contribution in [3.63, 3.8) is 0 Å². The van der Waals surface area contributed by atoms with Gasteiger partial charge in [-0.1, -0.05) is 61.7 Å². The topological polar surface area (TPSA) is 78.9 Å². The van der Waals surface area contributed by atoms with Crippen LogP contribution < -0.4 is 5.32 Å². The number of ether oxygens (including phenoxy) is 1. The van der Waals surface area contributed by atoms with E-state index in [1.165, 1.54) is 4.90 Å². The number of piperazine rings is 1. The molecule has 1 unspecified atom stereocenters. The van der Waals surface area contributed by atoms with Crippen molar-refractivity contribution in [2.45, 2.75) is 43.6 Å². The van der Waals surface area contributed by atoms with Gasteiger partial charge in [0.2, 0.25) is 0 Å². The van der Waals surface area contributed by atoms with Crippen LogP contribution in [0, 0.1) is 0 Å². The van der Waals surface area contributed by atoms with Crippen LogP contribution in [0.3, 0.4) is 0 Å². The van der Waals surface area contributed by atoms with Crippen molar-refractivity contribution in [3.05, 3.63) is 48.0 Å². The molecule has 2 aromatic rings. The van der Waals surface area contributed by atoms with E-state index in [-0.39, 0.29) is 0 Å². The Morgan fingerprint density at radius 2 is 1.69 bits per heavy atom. The molecule has 1 saturated carbocycles. The third-order valence-corrected chi connectivity index (χ3v) is 6.16. The number of benzene rings is 2. The summed E-state index contributed by atoms with van der Waals surface area (Å²) < 4.78 is 5.30. The Kier molecular flexibility index (Phi) is 5.83. The zero-order chi connectivity index (χ0) is 20.3. The third-order valence-electron chi connectivity index (χ3n) is 6.16. The molecule has 1 amide bonds. The first-order valence-electron chi connectivity index (χ1n) is 10.5. The Morgan fingerprint density at radius 3 is 2.41 bits per heavy atom. The molecule has 2 aliphatic rings. The lowest BCUT2D eigenvalue weighted by atomic mass is 9.72. The zero-order valence-electron chi connectivity index (χ0n) is 16.6. The van der Waals surface area contributed by atoms with Crippen molar-refractivity contribution in [2.75, 3.05) is 26.2 Å². The van der Waals surface area contributed by atoms with Gasteiger partial charge in [0, 0.05) is 26.2 Å². The van der Waals surface area contributed by atoms with E-state index in [2.05, 4.69) is 5.32 Å². The van der Waals surface area contributed by atoms with Crippen molar-refractivity contribution >= 4 is 22.8 Å². The van der Waals surface area contributed by atoms with Gasteiger partial charge in [-0.3, -0.25) is 4.79 Å². The summed E-state index contributed by atoms with van der Waals surface area (Å²) in [5.41, 5.74) is -0.493. The van der Waals surface area contributed by atoms with Crippen LogP contribution in [0.15, 0.2) is 42.5 Å². The average molecular weight is 396 g/mol. The van der Waals surface area contributed by atoms with E-state index in [1.807, 2.05) is 42.5 Å². The molecule has 154 valence electrons. The second kappa shape index (κ2) is 8.51. The molecule has 1 atom stereocenters. The van der Waals surface area contributed by atoms with E-state index in [9.17, 15) is 14.7 Å². The molecule has 4 rings (SSSR count). The molecule has 0 bridgehead atoms. The lowest BCUT2D eigenvalue weighted by Crippen LogP contribution is -2.49. The van der Waals surface area contributed by atoms with E-state index >= 15 is 0 Å². The Bertz CT molecular complexity index is 885. The van der Waals surface area contributed by atoms with Gasteiger partial charge in [-0.15, -0.1) is 0 Å². The number of nitrogens with zero attached hydrogens (tertiary/aromatic N) is 1. The standard InChI is InChI=1S/C23H28N2O4/c26-21(29-22(27)25-14-12-24-13-15-25)20(23(28)10-4-1-5-11-23)19-9-8-17-6-2-3-7-18(17)16-19/h2-3,6-9,16,20,24,28H,1,4-5,10-15H2. The fraction of sp³-hybridized carbons (Fsp3) is 0.478. The summed E-state index contributed by atoms with van der Waals surface area (Å²) in [5, 5.41) is 16.6. The minimum Gasteiger partial charge on any atom is -0.389 e. The first-order valence-corrected chi connectivity index (χ1v) is 10.5. The van der Waals surface area contributed by atoms with E-state index < -0.39 is 23.6 Å². The maximum absolute atomic E-state index is 13.2. The first kappa shape index (κ1) is 19.9. The van der Waals surface area contributed by atoms with Crippen molar-refractivity contribution in [1.29, 1.82) is 0 Å². The number of hydrogen-bond donors (Lipinski definition) is 2. The highest BCUT2D eigenvalue weighted by Gasteiger charge is 2.45. The first-order chi connectivity index (χ1) is 14.1. The van der Waals surface area contributed by atoms with Crippen LogP contribution in [0.4, 0.5) is 4.79 Å². The van der Waals surface area contributed by atoms with E-state index in [0.29, 0.717) is 44.6 Å². The average Bonchev–Trinajstić information content (AvgIpc) is 2.74. The minimum atomic E-state index is -1.19. The zero-order valence-corrected chi connectivity index (χ0v) is 16.6. The van der Waals surface area contributed by atoms with Crippen molar-refractivity contribution < 1.29 is 19.4 Å². The monoisotopic (exact) mass is 396 g/mol. The normalized spacial score (nSPS) is 20.2. The van der Waals surface area contributed by atoms with Gasteiger partial charge in [0.25, 0.3) is 0 Å². The molecule has 1 aliphatic carbocycles. The summed E-state index contributed by atoms with van der Waals surface area (Å²) in [6.45, 7) is 2.39. The number of aliphatic hydroxyl groups is 1. The van der Waals surface area contributed by atoms with Crippen LogP contribution in [-0.4, -0.2) is 53.8 Å². The van der Waals surface area contributed by atoms with Crippen LogP contribution in [-0.2, 0) is 9.53 Å². The summed E-state index contributed by atoms with van der Waals surface area (Å²) in [6, 6.07) is 13.7. The van der Waals surface area contributed by atoms with Gasteiger partial charge in [0.05, 0.1) is 5.60 Å². The Morgan fingerprint density at radius 1 is 1.00 bits per heavy atom. The summed E-state index contributed by atoms with van der Waals surface area (Å²) in [4.78, 5) is 27.2. The highest BCUT2D eigenvalue weighted by atomic mass is 16.6. The second-order valence-electron chi connectivity index (χ2n) is 8.13. The van der Waals surface area contributed by atoms with Gasteiger partial charge in [-0.05, 0) is 29.2 Å². The van der Waals surface area contributed by atoms with Gasteiger partial charge in [0.15, 0.2) is 0 Å². The van der Waals surface area contributed by atoms with Crippen molar-refractivity contribution in [1.82, 2.24) is 10.2 Å². The van der Waals surface area contributed by atoms with Gasteiger partial charge in [0.1, 0.15) is 5.92 Å². The number of rotatable bonds is 3. The molecule has 0 spiro atoms. The molecular weight excluding hydrogens is 368 g/mol. The minimum absolute atomic E-state index is 0.511. The summed E-state index contributed by atoms with van der Waals surface area (Å²) >= 11 is 0. The molecular formula is C23H28N2O4. The summed E-state index contributed by atoms with van der Waals surface area (Å²) in [5.74, 6) is -1.53. The highest BCUT2D eigenvalue weighted by Crippen LogP contribution is 2.41. The van der Waals surface area contributed by atoms with Crippen LogP contribution in [0.5, 0.6) is 0 Å². The van der Waals surface area contributed by atoms with Crippen LogP contribution in [0.1, 0.15) is 43.6 Å². The van der Waals surface area contributed by atoms with E-state index in [0.717, 1.165) is 30.0 Å². The number of nitrogens with one attached hydrogen (secondary N) is 1. The van der Waals surface area contributed by atoms with Crippen LogP contribution in [0.2, 0.25) is 0 Å². The van der Waals surface area contributed by atoms with Crippen molar-refractivity contribution in [3.8, 4) is 0 Å². The van der Waals surface area contributed by atoms with Gasteiger partial charge in [-0.25, -0.2) is 4.79 Å². The lowest BCUT2D eigenvalue weighted by molar-refractivity contribution is -0.149. The number of amides is 1. The molecule has 6 heteroatoms. The summed E-state index contributed by atoms with van der Waals surface area (Å²) in [6.07, 6.45) is 3.20. The summed E-state index contributed by atoms with van der Waals surface area (Å²) in [7, 11) is 0.